The molecule has 0 radical (unpaired) electrons. The second kappa shape index (κ2) is 8.12. The quantitative estimate of drug-likeness (QED) is 0.756. The summed E-state index contributed by atoms with van der Waals surface area (Å²) in [5.74, 6) is -0.998. The van der Waals surface area contributed by atoms with Crippen molar-refractivity contribution >= 4 is 22.9 Å². The van der Waals surface area contributed by atoms with Crippen molar-refractivity contribution in [2.75, 3.05) is 6.61 Å². The average molecular weight is 385 g/mol. The van der Waals surface area contributed by atoms with Crippen LogP contribution in [0.5, 0.6) is 0 Å². The first-order chi connectivity index (χ1) is 13.3. The zero-order valence-corrected chi connectivity index (χ0v) is 16.9. The highest BCUT2D eigenvalue weighted by molar-refractivity contribution is 5.94. The zero-order chi connectivity index (χ0) is 20.4. The molecule has 1 aliphatic rings. The van der Waals surface area contributed by atoms with Gasteiger partial charge < -0.3 is 14.2 Å². The highest BCUT2D eigenvalue weighted by atomic mass is 16.5. The van der Waals surface area contributed by atoms with Crippen molar-refractivity contribution in [3.8, 4) is 0 Å². The van der Waals surface area contributed by atoms with E-state index in [0.717, 1.165) is 25.0 Å². The van der Waals surface area contributed by atoms with E-state index in [-0.39, 0.29) is 30.2 Å². The summed E-state index contributed by atoms with van der Waals surface area (Å²) >= 11 is 0. The number of aromatic nitrogens is 2. The first-order valence-electron chi connectivity index (χ1n) is 9.82. The summed E-state index contributed by atoms with van der Waals surface area (Å²) in [7, 11) is 0. The van der Waals surface area contributed by atoms with Crippen molar-refractivity contribution in [2.24, 2.45) is 0 Å². The van der Waals surface area contributed by atoms with E-state index in [9.17, 15) is 14.4 Å². The van der Waals surface area contributed by atoms with Crippen LogP contribution >= 0.6 is 0 Å². The topological polar surface area (TPSA) is 81.5 Å². The van der Waals surface area contributed by atoms with Crippen molar-refractivity contribution in [1.29, 1.82) is 0 Å². The molecule has 1 aliphatic heterocycles. The van der Waals surface area contributed by atoms with Crippen LogP contribution in [0.25, 0.3) is 11.0 Å². The first-order valence-corrected chi connectivity index (χ1v) is 9.82. The maximum Gasteiger partial charge on any atom is 0.344 e. The minimum Gasteiger partial charge on any atom is -0.452 e. The highest BCUT2D eigenvalue weighted by Crippen LogP contribution is 2.22. The van der Waals surface area contributed by atoms with Gasteiger partial charge in [0.05, 0.1) is 5.39 Å². The van der Waals surface area contributed by atoms with Crippen LogP contribution in [0.2, 0.25) is 0 Å². The predicted octanol–water partition coefficient (Wildman–Crippen LogP) is 2.67. The summed E-state index contributed by atoms with van der Waals surface area (Å²) in [6.45, 7) is 7.96. The molecule has 28 heavy (non-hydrogen) atoms. The fourth-order valence-corrected chi connectivity index (χ4v) is 3.94. The Bertz CT molecular complexity index is 956. The number of carbonyl (C=O) groups is 2. The monoisotopic (exact) mass is 385 g/mol. The maximum atomic E-state index is 12.8. The summed E-state index contributed by atoms with van der Waals surface area (Å²) in [6, 6.07) is 3.66. The summed E-state index contributed by atoms with van der Waals surface area (Å²) in [5, 5.41) is 0.367. The number of hydrogen-bond acceptors (Lipinski definition) is 5. The summed E-state index contributed by atoms with van der Waals surface area (Å²) in [6.07, 6.45) is 4.45. The van der Waals surface area contributed by atoms with Gasteiger partial charge in [0.15, 0.2) is 6.61 Å². The Hall–Kier alpha value is -2.70. The molecule has 1 saturated heterocycles. The van der Waals surface area contributed by atoms with Crippen molar-refractivity contribution in [1.82, 2.24) is 14.5 Å². The van der Waals surface area contributed by atoms with E-state index in [4.69, 9.17) is 4.74 Å². The lowest BCUT2D eigenvalue weighted by Crippen LogP contribution is -2.49. The molecule has 0 saturated carbocycles. The molecule has 0 aliphatic carbocycles. The molecule has 150 valence electrons. The molecule has 2 aromatic rings. The number of esters is 1. The van der Waals surface area contributed by atoms with E-state index in [2.05, 4.69) is 4.98 Å². The van der Waals surface area contributed by atoms with Gasteiger partial charge in [0.2, 0.25) is 5.43 Å². The molecule has 0 N–H and O–H groups in total. The van der Waals surface area contributed by atoms with Gasteiger partial charge >= 0.3 is 5.97 Å². The number of amides is 1. The van der Waals surface area contributed by atoms with Crippen LogP contribution in [0.1, 0.15) is 56.1 Å². The van der Waals surface area contributed by atoms with E-state index >= 15 is 0 Å². The number of rotatable bonds is 4. The number of piperidine rings is 1. The number of carbonyl (C=O) groups excluding carboxylic acids is 2. The van der Waals surface area contributed by atoms with Gasteiger partial charge in [-0.05, 0) is 59.1 Å². The molecule has 0 aromatic carbocycles. The van der Waals surface area contributed by atoms with Crippen LogP contribution < -0.4 is 5.43 Å². The number of fused-ring (bicyclic) bond motifs is 1. The Labute approximate surface area is 164 Å². The molecule has 0 unspecified atom stereocenters. The minimum atomic E-state index is -0.777. The van der Waals surface area contributed by atoms with Crippen molar-refractivity contribution in [2.45, 2.75) is 65.6 Å². The van der Waals surface area contributed by atoms with Gasteiger partial charge in [0.1, 0.15) is 11.2 Å². The number of ether oxygens (including phenoxy) is 1. The van der Waals surface area contributed by atoms with E-state index < -0.39 is 11.4 Å². The lowest BCUT2D eigenvalue weighted by Gasteiger charge is -2.38. The lowest BCUT2D eigenvalue weighted by atomic mass is 9.97. The minimum absolute atomic E-state index is 0.0763. The van der Waals surface area contributed by atoms with Gasteiger partial charge in [-0.15, -0.1) is 0 Å². The van der Waals surface area contributed by atoms with Crippen molar-refractivity contribution in [3.05, 3.63) is 39.8 Å². The second-order valence-electron chi connectivity index (χ2n) is 7.49. The SMILES string of the molecule is CCn1cc(C(=O)OCC(=O)N2[C@H](C)CCC[C@@H]2C)c(=O)c2ccc(C)nc21. The molecule has 2 aromatic heterocycles. The van der Waals surface area contributed by atoms with Crippen molar-refractivity contribution in [3.63, 3.8) is 0 Å². The largest absolute Gasteiger partial charge is 0.452 e. The number of nitrogens with zero attached hydrogens (tertiary/aromatic N) is 3. The van der Waals surface area contributed by atoms with Gasteiger partial charge in [-0.3, -0.25) is 9.59 Å². The third kappa shape index (κ3) is 3.79. The van der Waals surface area contributed by atoms with E-state index in [1.165, 1.54) is 6.20 Å². The second-order valence-corrected chi connectivity index (χ2v) is 7.49. The molecular weight excluding hydrogens is 358 g/mol. The van der Waals surface area contributed by atoms with Gasteiger partial charge in [-0.1, -0.05) is 0 Å². The molecular formula is C21H27N3O4. The number of pyridine rings is 2. The van der Waals surface area contributed by atoms with Gasteiger partial charge in [-0.25, -0.2) is 9.78 Å². The predicted molar refractivity (Wildman–Crippen MR) is 106 cm³/mol. The summed E-state index contributed by atoms with van der Waals surface area (Å²) in [4.78, 5) is 44.1. The normalized spacial score (nSPS) is 19.6. The van der Waals surface area contributed by atoms with E-state index in [0.29, 0.717) is 17.6 Å². The number of hydrogen-bond donors (Lipinski definition) is 0. The molecule has 2 atom stereocenters. The highest BCUT2D eigenvalue weighted by Gasteiger charge is 2.29. The van der Waals surface area contributed by atoms with Crippen LogP contribution in [0, 0.1) is 6.92 Å². The number of aryl methyl sites for hydroxylation is 2. The molecule has 1 amide bonds. The Kier molecular flexibility index (Phi) is 5.82. The summed E-state index contributed by atoms with van der Waals surface area (Å²) < 4.78 is 6.98. The van der Waals surface area contributed by atoms with Crippen LogP contribution in [0.15, 0.2) is 23.1 Å². The standard InChI is InChI=1S/C21H27N3O4/c1-5-23-11-17(19(26)16-10-9-13(2)22-20(16)23)21(27)28-12-18(25)24-14(3)7-6-8-15(24)4/h9-11,14-15H,5-8,12H2,1-4H3/t14-,15+. The number of likely N-dealkylation sites (tertiary alicyclic amines) is 1. The van der Waals surface area contributed by atoms with Crippen LogP contribution in [0.4, 0.5) is 0 Å². The Morgan fingerprint density at radius 2 is 1.89 bits per heavy atom. The van der Waals surface area contributed by atoms with Gasteiger partial charge in [0, 0.05) is 30.5 Å². The molecule has 3 rings (SSSR count). The molecule has 7 nitrogen and oxygen atoms in total. The Morgan fingerprint density at radius 1 is 1.21 bits per heavy atom. The zero-order valence-electron chi connectivity index (χ0n) is 16.9. The maximum absolute atomic E-state index is 12.8. The third-order valence-corrected chi connectivity index (χ3v) is 5.43. The van der Waals surface area contributed by atoms with E-state index in [1.54, 1.807) is 21.6 Å². The third-order valence-electron chi connectivity index (χ3n) is 5.43. The Balaban J connectivity index is 1.82. The fourth-order valence-electron chi connectivity index (χ4n) is 3.94. The van der Waals surface area contributed by atoms with Crippen LogP contribution in [-0.4, -0.2) is 45.0 Å². The summed E-state index contributed by atoms with van der Waals surface area (Å²) in [5.41, 5.74) is 0.827. The lowest BCUT2D eigenvalue weighted by molar-refractivity contribution is -0.140. The van der Waals surface area contributed by atoms with Crippen LogP contribution in [0.3, 0.4) is 0 Å². The van der Waals surface area contributed by atoms with Crippen LogP contribution in [-0.2, 0) is 16.1 Å². The molecule has 7 heteroatoms. The molecule has 1 fully saturated rings. The smallest absolute Gasteiger partial charge is 0.344 e. The average Bonchev–Trinajstić information content (AvgIpc) is 2.66. The molecule has 0 spiro atoms. The van der Waals surface area contributed by atoms with Gasteiger partial charge in [-0.2, -0.15) is 0 Å². The molecule has 0 bridgehead atoms. The van der Waals surface area contributed by atoms with Gasteiger partial charge in [0.25, 0.3) is 5.91 Å². The molecule has 3 heterocycles. The van der Waals surface area contributed by atoms with Crippen molar-refractivity contribution < 1.29 is 14.3 Å². The Morgan fingerprint density at radius 3 is 2.54 bits per heavy atom. The first kappa shape index (κ1) is 20.0. The van der Waals surface area contributed by atoms with E-state index in [1.807, 2.05) is 27.7 Å². The fraction of sp³-hybridized carbons (Fsp3) is 0.524.